The number of hydrogen-bond donors (Lipinski definition) is 1. The second-order valence-electron chi connectivity index (χ2n) is 4.10. The van der Waals surface area contributed by atoms with E-state index in [0.29, 0.717) is 6.61 Å². The topological polar surface area (TPSA) is 99.7 Å². The van der Waals surface area contributed by atoms with Crippen molar-refractivity contribution in [3.8, 4) is 0 Å². The lowest BCUT2D eigenvalue weighted by molar-refractivity contribution is -0.143. The van der Waals surface area contributed by atoms with Gasteiger partial charge in [-0.3, -0.25) is 14.3 Å². The summed E-state index contributed by atoms with van der Waals surface area (Å²) in [6, 6.07) is 0. The highest BCUT2D eigenvalue weighted by atomic mass is 16.5. The molecule has 0 aliphatic heterocycles. The van der Waals surface area contributed by atoms with E-state index in [0.717, 1.165) is 0 Å². The van der Waals surface area contributed by atoms with E-state index in [1.54, 1.807) is 14.0 Å². The Morgan fingerprint density at radius 1 is 1.50 bits per heavy atom. The quantitative estimate of drug-likeness (QED) is 0.687. The third-order valence-electron chi connectivity index (χ3n) is 2.65. The average Bonchev–Trinajstić information content (AvgIpc) is 2.73. The van der Waals surface area contributed by atoms with Crippen LogP contribution in [0.4, 0.5) is 5.69 Å². The Balaban J connectivity index is 2.86. The molecule has 0 atom stereocenters. The number of carbonyl (C=O) groups is 2. The normalized spacial score (nSPS) is 10.3. The number of methoxy groups -OCH3 is 1. The van der Waals surface area contributed by atoms with Crippen molar-refractivity contribution in [1.82, 2.24) is 14.7 Å². The van der Waals surface area contributed by atoms with Gasteiger partial charge in [-0.15, -0.1) is 0 Å². The lowest BCUT2D eigenvalue weighted by Gasteiger charge is -2.21. The Kier molecular flexibility index (Phi) is 5.98. The number of amides is 1. The fraction of sp³-hybridized carbons (Fsp3) is 0.583. The molecule has 0 aliphatic carbocycles. The zero-order valence-electron chi connectivity index (χ0n) is 12.0. The fourth-order valence-corrected chi connectivity index (χ4v) is 1.68. The Morgan fingerprint density at radius 2 is 2.20 bits per heavy atom. The highest BCUT2D eigenvalue weighted by Crippen LogP contribution is 2.12. The highest BCUT2D eigenvalue weighted by molar-refractivity contribution is 5.98. The number of aromatic nitrogens is 2. The predicted molar refractivity (Wildman–Crippen MR) is 72.0 cm³/mol. The summed E-state index contributed by atoms with van der Waals surface area (Å²) in [5.41, 5.74) is 6.23. The van der Waals surface area contributed by atoms with Crippen LogP contribution in [0.1, 0.15) is 17.4 Å². The van der Waals surface area contributed by atoms with Crippen LogP contribution in [0.2, 0.25) is 0 Å². The molecule has 0 spiro atoms. The maximum atomic E-state index is 12.4. The van der Waals surface area contributed by atoms with E-state index in [1.165, 1.54) is 22.9 Å². The van der Waals surface area contributed by atoms with E-state index in [4.69, 9.17) is 15.2 Å². The van der Waals surface area contributed by atoms with Crippen LogP contribution >= 0.6 is 0 Å². The first kappa shape index (κ1) is 16.0. The molecule has 1 heterocycles. The molecule has 2 N–H and O–H groups in total. The highest BCUT2D eigenvalue weighted by Gasteiger charge is 2.24. The number of ether oxygens (including phenoxy) is 2. The van der Waals surface area contributed by atoms with Crippen LogP contribution in [0.25, 0.3) is 0 Å². The summed E-state index contributed by atoms with van der Waals surface area (Å²) in [5.74, 6) is -0.856. The number of esters is 1. The minimum Gasteiger partial charge on any atom is -0.465 e. The molecular weight excluding hydrogens is 264 g/mol. The molecule has 1 amide bonds. The van der Waals surface area contributed by atoms with Gasteiger partial charge in [0.2, 0.25) is 0 Å². The standard InChI is InChI=1S/C12H20N4O4/c1-4-20-10(17)8-16(5-6-19-3)12(18)11-9(13)7-14-15(11)2/h7H,4-6,8,13H2,1-3H3. The molecule has 112 valence electrons. The van der Waals surface area contributed by atoms with Crippen LogP contribution in [0.15, 0.2) is 6.20 Å². The number of rotatable bonds is 7. The molecule has 0 aliphatic rings. The van der Waals surface area contributed by atoms with E-state index in [1.807, 2.05) is 0 Å². The van der Waals surface area contributed by atoms with Gasteiger partial charge >= 0.3 is 5.97 Å². The van der Waals surface area contributed by atoms with Gasteiger partial charge in [-0.1, -0.05) is 0 Å². The first-order valence-corrected chi connectivity index (χ1v) is 6.22. The molecule has 20 heavy (non-hydrogen) atoms. The van der Waals surface area contributed by atoms with Crippen molar-refractivity contribution >= 4 is 17.6 Å². The zero-order chi connectivity index (χ0) is 15.1. The van der Waals surface area contributed by atoms with Gasteiger partial charge in [0.05, 0.1) is 25.1 Å². The summed E-state index contributed by atoms with van der Waals surface area (Å²) < 4.78 is 11.2. The third-order valence-corrected chi connectivity index (χ3v) is 2.65. The van der Waals surface area contributed by atoms with Crippen molar-refractivity contribution in [3.05, 3.63) is 11.9 Å². The molecule has 1 aromatic rings. The molecule has 8 nitrogen and oxygen atoms in total. The number of nitrogens with two attached hydrogens (primary N) is 1. The van der Waals surface area contributed by atoms with Crippen LogP contribution in [-0.4, -0.2) is 60.0 Å². The molecule has 0 saturated heterocycles. The number of hydrogen-bond acceptors (Lipinski definition) is 6. The minimum atomic E-state index is -0.474. The summed E-state index contributed by atoms with van der Waals surface area (Å²) in [5, 5.41) is 3.91. The molecule has 0 unspecified atom stereocenters. The van der Waals surface area contributed by atoms with Crippen LogP contribution in [-0.2, 0) is 21.3 Å². The number of anilines is 1. The van der Waals surface area contributed by atoms with Gasteiger partial charge in [-0.05, 0) is 6.92 Å². The molecule has 1 rings (SSSR count). The van der Waals surface area contributed by atoms with Crippen molar-refractivity contribution in [1.29, 1.82) is 0 Å². The zero-order valence-corrected chi connectivity index (χ0v) is 12.0. The fourth-order valence-electron chi connectivity index (χ4n) is 1.68. The van der Waals surface area contributed by atoms with Gasteiger partial charge in [0.15, 0.2) is 0 Å². The molecule has 1 aromatic heterocycles. The van der Waals surface area contributed by atoms with Gasteiger partial charge in [0.25, 0.3) is 5.91 Å². The third kappa shape index (κ3) is 3.95. The van der Waals surface area contributed by atoms with E-state index >= 15 is 0 Å². The number of aryl methyl sites for hydroxylation is 1. The molecular formula is C12H20N4O4. The monoisotopic (exact) mass is 284 g/mol. The van der Waals surface area contributed by atoms with Crippen molar-refractivity contribution in [2.75, 3.05) is 39.1 Å². The number of nitrogens with zero attached hydrogens (tertiary/aromatic N) is 3. The van der Waals surface area contributed by atoms with E-state index in [-0.39, 0.29) is 37.0 Å². The molecule has 0 radical (unpaired) electrons. The smallest absolute Gasteiger partial charge is 0.325 e. The number of nitrogen functional groups attached to an aromatic ring is 1. The maximum Gasteiger partial charge on any atom is 0.325 e. The molecule has 0 bridgehead atoms. The summed E-state index contributed by atoms with van der Waals surface area (Å²) in [7, 11) is 3.13. The van der Waals surface area contributed by atoms with Gasteiger partial charge in [0.1, 0.15) is 12.2 Å². The molecule has 0 saturated carbocycles. The molecule has 8 heteroatoms. The van der Waals surface area contributed by atoms with Gasteiger partial charge in [-0.25, -0.2) is 0 Å². The van der Waals surface area contributed by atoms with Crippen LogP contribution in [0, 0.1) is 0 Å². The van der Waals surface area contributed by atoms with E-state index in [9.17, 15) is 9.59 Å². The maximum absolute atomic E-state index is 12.4. The Bertz CT molecular complexity index is 453. The minimum absolute atomic E-state index is 0.152. The predicted octanol–water partition coefficient (Wildman–Crippen LogP) is -0.346. The second-order valence-corrected chi connectivity index (χ2v) is 4.10. The van der Waals surface area contributed by atoms with Crippen molar-refractivity contribution < 1.29 is 19.1 Å². The summed E-state index contributed by atoms with van der Waals surface area (Å²) >= 11 is 0. The first-order chi connectivity index (χ1) is 9.51. The van der Waals surface area contributed by atoms with Crippen molar-refractivity contribution in [2.45, 2.75) is 6.92 Å². The van der Waals surface area contributed by atoms with E-state index < -0.39 is 5.97 Å². The van der Waals surface area contributed by atoms with Crippen LogP contribution in [0.5, 0.6) is 0 Å². The first-order valence-electron chi connectivity index (χ1n) is 6.22. The Labute approximate surface area is 117 Å². The van der Waals surface area contributed by atoms with Crippen LogP contribution < -0.4 is 5.73 Å². The lowest BCUT2D eigenvalue weighted by atomic mass is 10.3. The SMILES string of the molecule is CCOC(=O)CN(CCOC)C(=O)c1c(N)cnn1C. The molecule has 0 aromatic carbocycles. The number of carbonyl (C=O) groups excluding carboxylic acids is 2. The van der Waals surface area contributed by atoms with Gasteiger partial charge < -0.3 is 20.1 Å². The van der Waals surface area contributed by atoms with E-state index in [2.05, 4.69) is 5.10 Å². The van der Waals surface area contributed by atoms with Crippen LogP contribution in [0.3, 0.4) is 0 Å². The van der Waals surface area contributed by atoms with Gasteiger partial charge in [0, 0.05) is 20.7 Å². The lowest BCUT2D eigenvalue weighted by Crippen LogP contribution is -2.39. The Morgan fingerprint density at radius 3 is 2.70 bits per heavy atom. The summed E-state index contributed by atoms with van der Waals surface area (Å²) in [6.45, 7) is 2.39. The second kappa shape index (κ2) is 7.49. The largest absolute Gasteiger partial charge is 0.465 e. The average molecular weight is 284 g/mol. The molecule has 0 fully saturated rings. The summed E-state index contributed by atoms with van der Waals surface area (Å²) in [6.07, 6.45) is 1.39. The van der Waals surface area contributed by atoms with Gasteiger partial charge in [-0.2, -0.15) is 5.10 Å². The van der Waals surface area contributed by atoms with Crippen molar-refractivity contribution in [2.24, 2.45) is 7.05 Å². The van der Waals surface area contributed by atoms with Crippen molar-refractivity contribution in [3.63, 3.8) is 0 Å². The Hall–Kier alpha value is -2.09. The summed E-state index contributed by atoms with van der Waals surface area (Å²) in [4.78, 5) is 25.3.